The third kappa shape index (κ3) is 4.82. The lowest BCUT2D eigenvalue weighted by Crippen LogP contribution is -2.39. The Labute approximate surface area is 195 Å². The minimum Gasteiger partial charge on any atom is -0.504 e. The average Bonchev–Trinajstić information content (AvgIpc) is 3.49. The summed E-state index contributed by atoms with van der Waals surface area (Å²) in [6, 6.07) is 7.96. The van der Waals surface area contributed by atoms with Crippen molar-refractivity contribution in [2.24, 2.45) is 14.7 Å². The van der Waals surface area contributed by atoms with Gasteiger partial charge in [0.2, 0.25) is 10.0 Å². The highest BCUT2D eigenvalue weighted by molar-refractivity contribution is 7.89. The van der Waals surface area contributed by atoms with Crippen LogP contribution in [-0.2, 0) is 21.2 Å². The maximum Gasteiger partial charge on any atom is 0.269 e. The number of furan rings is 1. The highest BCUT2D eigenvalue weighted by atomic mass is 32.2. The predicted octanol–water partition coefficient (Wildman–Crippen LogP) is 2.87. The van der Waals surface area contributed by atoms with Crippen molar-refractivity contribution in [3.05, 3.63) is 41.9 Å². The number of phenolic OH excluding ortho intramolecular Hbond substituents is 1. The highest BCUT2D eigenvalue weighted by Gasteiger charge is 2.32. The number of benzene rings is 1. The van der Waals surface area contributed by atoms with E-state index in [1.807, 2.05) is 19.1 Å². The molecule has 10 nitrogen and oxygen atoms in total. The fourth-order valence-electron chi connectivity index (χ4n) is 4.08. The molecule has 0 radical (unpaired) electrons. The summed E-state index contributed by atoms with van der Waals surface area (Å²) in [6.07, 6.45) is 4.31. The summed E-state index contributed by atoms with van der Waals surface area (Å²) >= 11 is -1.85. The summed E-state index contributed by atoms with van der Waals surface area (Å²) in [7, 11) is -1.10. The second kappa shape index (κ2) is 9.27. The molecule has 0 spiro atoms. The van der Waals surface area contributed by atoms with Crippen molar-refractivity contribution < 1.29 is 22.2 Å². The van der Waals surface area contributed by atoms with Gasteiger partial charge in [-0.25, -0.2) is 16.9 Å². The largest absolute Gasteiger partial charge is 0.504 e. The second-order valence-corrected chi connectivity index (χ2v) is 11.2. The number of amidine groups is 2. The smallest absolute Gasteiger partial charge is 0.269 e. The number of anilines is 1. The zero-order chi connectivity index (χ0) is 23.8. The second-order valence-electron chi connectivity index (χ2n) is 8.29. The van der Waals surface area contributed by atoms with Crippen LogP contribution in [0.5, 0.6) is 5.75 Å². The van der Waals surface area contributed by atoms with E-state index in [2.05, 4.69) is 19.4 Å². The van der Waals surface area contributed by atoms with E-state index in [-0.39, 0.29) is 28.3 Å². The Hall–Kier alpha value is -2.70. The van der Waals surface area contributed by atoms with Gasteiger partial charge in [-0.2, -0.15) is 0 Å². The Morgan fingerprint density at radius 3 is 2.48 bits per heavy atom. The Kier molecular flexibility index (Phi) is 6.59. The van der Waals surface area contributed by atoms with Crippen molar-refractivity contribution in [3.8, 4) is 5.75 Å². The molecular formula is C21H27N5O5S2. The molecule has 2 atom stereocenters. The molecule has 2 aromatic rings. The first-order valence-corrected chi connectivity index (χ1v) is 13.1. The maximum atomic E-state index is 12.5. The molecule has 2 unspecified atom stereocenters. The molecule has 1 aliphatic heterocycles. The molecule has 0 saturated heterocycles. The van der Waals surface area contributed by atoms with E-state index in [0.717, 1.165) is 41.5 Å². The van der Waals surface area contributed by atoms with Crippen molar-refractivity contribution in [1.29, 1.82) is 0 Å². The molecule has 178 valence electrons. The topological polar surface area (TPSA) is 137 Å². The van der Waals surface area contributed by atoms with Crippen LogP contribution in [0.15, 0.2) is 48.4 Å². The van der Waals surface area contributed by atoms with E-state index in [0.29, 0.717) is 5.92 Å². The number of nitrogens with one attached hydrogen (secondary N) is 2. The number of para-hydroxylation sites is 1. The van der Waals surface area contributed by atoms with E-state index >= 15 is 0 Å². The summed E-state index contributed by atoms with van der Waals surface area (Å²) in [4.78, 5) is -0.251. The van der Waals surface area contributed by atoms with E-state index in [9.17, 15) is 17.7 Å². The van der Waals surface area contributed by atoms with Gasteiger partial charge in [-0.3, -0.25) is 0 Å². The van der Waals surface area contributed by atoms with Crippen molar-refractivity contribution >= 4 is 38.6 Å². The Morgan fingerprint density at radius 2 is 1.85 bits per heavy atom. The van der Waals surface area contributed by atoms with Crippen LogP contribution < -0.4 is 10.6 Å². The number of sulfonamides is 1. The molecule has 12 heteroatoms. The van der Waals surface area contributed by atoms with Crippen LogP contribution in [-0.4, -0.2) is 47.8 Å². The Morgan fingerprint density at radius 1 is 1.15 bits per heavy atom. The number of hydrogen-bond acceptors (Lipinski definition) is 7. The van der Waals surface area contributed by atoms with Crippen LogP contribution in [0.1, 0.15) is 43.2 Å². The fraction of sp³-hybridized carbons (Fsp3) is 0.429. The average molecular weight is 494 g/mol. The van der Waals surface area contributed by atoms with Crippen molar-refractivity contribution in [2.75, 3.05) is 19.4 Å². The van der Waals surface area contributed by atoms with E-state index in [1.165, 1.54) is 32.3 Å². The normalized spacial score (nSPS) is 20.1. The Bertz CT molecular complexity index is 1230. The molecule has 1 aromatic heterocycles. The van der Waals surface area contributed by atoms with Crippen LogP contribution in [0.3, 0.4) is 0 Å². The van der Waals surface area contributed by atoms with Crippen LogP contribution in [0, 0.1) is 12.8 Å². The minimum absolute atomic E-state index is 0.108. The first-order valence-electron chi connectivity index (χ1n) is 10.6. The lowest BCUT2D eigenvalue weighted by molar-refractivity contribution is 0.339. The number of hydrogen-bond donors (Lipinski definition) is 3. The van der Waals surface area contributed by atoms with Crippen molar-refractivity contribution in [2.45, 2.75) is 43.5 Å². The summed E-state index contributed by atoms with van der Waals surface area (Å²) in [5.74, 6) is 1.83. The lowest BCUT2D eigenvalue weighted by Gasteiger charge is -2.24. The van der Waals surface area contributed by atoms with Crippen molar-refractivity contribution in [1.82, 2.24) is 9.62 Å². The first kappa shape index (κ1) is 23.5. The SMILES string of the molecule is Cc1ccc(C(NC2=NS(=O)N=C2Nc2cccc(S(=O)(=O)N(C)C)c2O)C2CCCC2)o1. The summed E-state index contributed by atoms with van der Waals surface area (Å²) in [6.45, 7) is 1.88. The predicted molar refractivity (Wildman–Crippen MR) is 127 cm³/mol. The first-order chi connectivity index (χ1) is 15.7. The molecule has 1 saturated carbocycles. The van der Waals surface area contributed by atoms with Gasteiger partial charge in [0.15, 0.2) is 17.4 Å². The quantitative estimate of drug-likeness (QED) is 0.526. The van der Waals surface area contributed by atoms with Gasteiger partial charge in [0.1, 0.15) is 16.4 Å². The highest BCUT2D eigenvalue weighted by Crippen LogP contribution is 2.37. The molecule has 0 bridgehead atoms. The number of rotatable bonds is 6. The number of aromatic hydroxyl groups is 1. The number of phenols is 1. The monoisotopic (exact) mass is 493 g/mol. The van der Waals surface area contributed by atoms with Crippen LogP contribution in [0.4, 0.5) is 5.69 Å². The zero-order valence-corrected chi connectivity index (χ0v) is 20.2. The van der Waals surface area contributed by atoms with E-state index in [4.69, 9.17) is 4.42 Å². The molecule has 1 fully saturated rings. The summed E-state index contributed by atoms with van der Waals surface area (Å²) < 4.78 is 52.2. The molecular weight excluding hydrogens is 466 g/mol. The number of nitrogens with zero attached hydrogens (tertiary/aromatic N) is 3. The maximum absolute atomic E-state index is 12.5. The van der Waals surface area contributed by atoms with E-state index < -0.39 is 26.9 Å². The molecule has 33 heavy (non-hydrogen) atoms. The summed E-state index contributed by atoms with van der Waals surface area (Å²) in [5, 5.41) is 16.9. The van der Waals surface area contributed by atoms with Gasteiger partial charge in [0.25, 0.3) is 11.2 Å². The molecule has 0 amide bonds. The van der Waals surface area contributed by atoms with Gasteiger partial charge in [0.05, 0.1) is 11.7 Å². The molecule has 1 aliphatic carbocycles. The molecule has 4 rings (SSSR count). The van der Waals surface area contributed by atoms with Crippen LogP contribution in [0.2, 0.25) is 0 Å². The molecule has 3 N–H and O–H groups in total. The van der Waals surface area contributed by atoms with Gasteiger partial charge in [-0.15, -0.1) is 8.80 Å². The third-order valence-corrected chi connectivity index (χ3v) is 8.33. The van der Waals surface area contributed by atoms with Crippen LogP contribution >= 0.6 is 0 Å². The molecule has 1 aromatic carbocycles. The molecule has 2 heterocycles. The third-order valence-electron chi connectivity index (χ3n) is 5.80. The standard InChI is InChI=1S/C21H27N5O5S2/c1-13-11-12-16(31-13)18(14-7-4-5-8-14)23-21-20(24-32(28)25-21)22-15-9-6-10-17(19(15)27)33(29,30)26(2)3/h6,9-12,14,18,27H,4-5,7-8H2,1-3H3,(H,22,24)(H,23,25). The fourth-order valence-corrected chi connectivity index (χ4v) is 5.70. The van der Waals surface area contributed by atoms with Crippen LogP contribution in [0.25, 0.3) is 0 Å². The lowest BCUT2D eigenvalue weighted by atomic mass is 9.96. The Balaban J connectivity index is 1.61. The summed E-state index contributed by atoms with van der Waals surface area (Å²) in [5.41, 5.74) is 0.108. The van der Waals surface area contributed by atoms with E-state index in [1.54, 1.807) is 0 Å². The van der Waals surface area contributed by atoms with Gasteiger partial charge in [-0.05, 0) is 49.9 Å². The van der Waals surface area contributed by atoms with Gasteiger partial charge < -0.3 is 20.2 Å². The zero-order valence-electron chi connectivity index (χ0n) is 18.6. The number of aryl methyl sites for hydroxylation is 1. The van der Waals surface area contributed by atoms with Gasteiger partial charge in [-0.1, -0.05) is 18.9 Å². The van der Waals surface area contributed by atoms with Crippen molar-refractivity contribution in [3.63, 3.8) is 0 Å². The molecule has 2 aliphatic rings. The van der Waals surface area contributed by atoms with Gasteiger partial charge in [0, 0.05) is 14.1 Å². The minimum atomic E-state index is -3.87. The van der Waals surface area contributed by atoms with Gasteiger partial charge >= 0.3 is 0 Å².